The van der Waals surface area contributed by atoms with E-state index in [1.54, 1.807) is 0 Å². The summed E-state index contributed by atoms with van der Waals surface area (Å²) in [5.74, 6) is 0. The maximum atomic E-state index is 2.51. The van der Waals surface area contributed by atoms with E-state index in [1.807, 2.05) is 22.7 Å². The highest BCUT2D eigenvalue weighted by atomic mass is 32.1. The highest BCUT2D eigenvalue weighted by Gasteiger charge is 2.22. The molecule has 0 atom stereocenters. The Morgan fingerprint density at radius 3 is 1.64 bits per heavy atom. The third-order valence-corrected chi connectivity index (χ3v) is 9.06. The SMILES string of the molecule is CCCCc1ccc2c(c1)sc1c2c2c3ccc(CCCC)cc3sc2n1-c1ccccc1. The van der Waals surface area contributed by atoms with Crippen LogP contribution in [0.25, 0.3) is 46.3 Å². The van der Waals surface area contributed by atoms with E-state index in [0.717, 1.165) is 0 Å². The highest BCUT2D eigenvalue weighted by molar-refractivity contribution is 7.28. The number of hydrogen-bond donors (Lipinski definition) is 0. The molecule has 0 fully saturated rings. The first-order valence-corrected chi connectivity index (χ1v) is 13.9. The first-order chi connectivity index (χ1) is 16.3. The van der Waals surface area contributed by atoms with Crippen molar-refractivity contribution in [3.63, 3.8) is 0 Å². The Bertz CT molecular complexity index is 1480. The lowest BCUT2D eigenvalue weighted by Crippen LogP contribution is -1.89. The molecule has 0 bridgehead atoms. The molecule has 0 aliphatic rings. The van der Waals surface area contributed by atoms with Crippen molar-refractivity contribution in [3.05, 3.63) is 77.9 Å². The second-order valence-electron chi connectivity index (χ2n) is 9.10. The zero-order chi connectivity index (χ0) is 22.4. The van der Waals surface area contributed by atoms with Gasteiger partial charge in [-0.25, -0.2) is 0 Å². The van der Waals surface area contributed by atoms with Crippen LogP contribution in [-0.4, -0.2) is 4.57 Å². The van der Waals surface area contributed by atoms with E-state index < -0.39 is 0 Å². The fraction of sp³-hybridized carbons (Fsp3) is 0.267. The van der Waals surface area contributed by atoms with Crippen LogP contribution in [0.1, 0.15) is 50.7 Å². The third kappa shape index (κ3) is 3.50. The van der Waals surface area contributed by atoms with Crippen LogP contribution in [0.4, 0.5) is 0 Å². The second-order valence-corrected chi connectivity index (χ2v) is 11.2. The summed E-state index contributed by atoms with van der Waals surface area (Å²) in [6.45, 7) is 4.54. The molecule has 0 saturated heterocycles. The van der Waals surface area contributed by atoms with Crippen molar-refractivity contribution in [2.75, 3.05) is 0 Å². The van der Waals surface area contributed by atoms with Crippen LogP contribution >= 0.6 is 22.7 Å². The average molecular weight is 468 g/mol. The van der Waals surface area contributed by atoms with Crippen LogP contribution in [-0.2, 0) is 12.8 Å². The third-order valence-electron chi connectivity index (χ3n) is 6.78. The van der Waals surface area contributed by atoms with Gasteiger partial charge in [0.05, 0.1) is 0 Å². The van der Waals surface area contributed by atoms with Crippen LogP contribution in [0.2, 0.25) is 0 Å². The standard InChI is InChI=1S/C30H29NS2/c1-3-5-10-20-14-16-23-25(18-20)32-29-27(23)28-24-17-15-21(11-6-4-2)19-26(24)33-30(28)31(29)22-12-8-7-9-13-22/h7-9,12-19H,3-6,10-11H2,1-2H3. The number of benzene rings is 3. The molecule has 0 radical (unpaired) electrons. The van der Waals surface area contributed by atoms with Crippen LogP contribution in [0.3, 0.4) is 0 Å². The van der Waals surface area contributed by atoms with Gasteiger partial charge in [-0.05, 0) is 61.1 Å². The van der Waals surface area contributed by atoms with Crippen molar-refractivity contribution in [2.45, 2.75) is 52.4 Å². The van der Waals surface area contributed by atoms with Crippen molar-refractivity contribution in [2.24, 2.45) is 0 Å². The maximum absolute atomic E-state index is 2.51. The molecule has 1 nitrogen and oxygen atoms in total. The predicted molar refractivity (Wildman–Crippen MR) is 149 cm³/mol. The summed E-state index contributed by atoms with van der Waals surface area (Å²) < 4.78 is 5.34. The maximum Gasteiger partial charge on any atom is 0.110 e. The zero-order valence-electron chi connectivity index (χ0n) is 19.4. The molecule has 0 spiro atoms. The fourth-order valence-electron chi connectivity index (χ4n) is 5.03. The summed E-state index contributed by atoms with van der Waals surface area (Å²) in [6, 6.07) is 25.2. The smallest absolute Gasteiger partial charge is 0.110 e. The number of rotatable bonds is 7. The minimum absolute atomic E-state index is 1.17. The molecular formula is C30H29NS2. The molecule has 0 aliphatic carbocycles. The molecule has 6 aromatic rings. The Kier molecular flexibility index (Phi) is 5.48. The van der Waals surface area contributed by atoms with Crippen molar-refractivity contribution >= 4 is 63.3 Å². The molecule has 33 heavy (non-hydrogen) atoms. The average Bonchev–Trinajstić information content (AvgIpc) is 3.48. The molecule has 3 aromatic heterocycles. The lowest BCUT2D eigenvalue weighted by atomic mass is 10.0. The Morgan fingerprint density at radius 2 is 1.15 bits per heavy atom. The molecule has 0 unspecified atom stereocenters. The molecule has 0 saturated carbocycles. The van der Waals surface area contributed by atoms with Crippen LogP contribution in [0.15, 0.2) is 66.7 Å². The summed E-state index contributed by atoms with van der Waals surface area (Å²) in [6.07, 6.45) is 7.34. The number of para-hydroxylation sites is 1. The van der Waals surface area contributed by atoms with Crippen LogP contribution in [0, 0.1) is 0 Å². The molecule has 0 amide bonds. The van der Waals surface area contributed by atoms with E-state index in [2.05, 4.69) is 85.1 Å². The Labute approximate surface area is 203 Å². The molecule has 166 valence electrons. The van der Waals surface area contributed by atoms with Gasteiger partial charge in [0.15, 0.2) is 0 Å². The van der Waals surface area contributed by atoms with E-state index in [4.69, 9.17) is 0 Å². The first-order valence-electron chi connectivity index (χ1n) is 12.2. The van der Waals surface area contributed by atoms with Crippen molar-refractivity contribution in [1.82, 2.24) is 4.57 Å². The quantitative estimate of drug-likeness (QED) is 0.220. The van der Waals surface area contributed by atoms with Crippen molar-refractivity contribution in [3.8, 4) is 5.69 Å². The van der Waals surface area contributed by atoms with Gasteiger partial charge in [-0.3, -0.25) is 4.57 Å². The number of thiophene rings is 2. The number of aryl methyl sites for hydroxylation is 2. The number of unbranched alkanes of at least 4 members (excludes halogenated alkanes) is 2. The van der Waals surface area contributed by atoms with Crippen LogP contribution in [0.5, 0.6) is 0 Å². The van der Waals surface area contributed by atoms with Gasteiger partial charge in [-0.1, -0.05) is 69.2 Å². The number of hydrogen-bond acceptors (Lipinski definition) is 2. The van der Waals surface area contributed by atoms with Gasteiger partial charge in [0.1, 0.15) is 9.66 Å². The van der Waals surface area contributed by atoms with Gasteiger partial charge in [0, 0.05) is 36.6 Å². The van der Waals surface area contributed by atoms with Crippen molar-refractivity contribution < 1.29 is 0 Å². The molecule has 6 rings (SSSR count). The summed E-state index contributed by atoms with van der Waals surface area (Å²) in [7, 11) is 0. The van der Waals surface area contributed by atoms with Crippen LogP contribution < -0.4 is 0 Å². The zero-order valence-corrected chi connectivity index (χ0v) is 21.0. The Morgan fingerprint density at radius 1 is 0.636 bits per heavy atom. The minimum Gasteiger partial charge on any atom is -0.292 e. The number of aromatic nitrogens is 1. The summed E-state index contributed by atoms with van der Waals surface area (Å²) >= 11 is 3.91. The van der Waals surface area contributed by atoms with Crippen molar-refractivity contribution in [1.29, 1.82) is 0 Å². The Hall–Kier alpha value is -2.62. The van der Waals surface area contributed by atoms with Gasteiger partial charge in [0.2, 0.25) is 0 Å². The summed E-state index contributed by atoms with van der Waals surface area (Å²) in [5, 5.41) is 5.68. The van der Waals surface area contributed by atoms with Gasteiger partial charge in [-0.15, -0.1) is 22.7 Å². The van der Waals surface area contributed by atoms with E-state index in [0.29, 0.717) is 0 Å². The van der Waals surface area contributed by atoms with Gasteiger partial charge < -0.3 is 0 Å². The first kappa shape index (κ1) is 20.9. The predicted octanol–water partition coefficient (Wildman–Crippen LogP) is 9.90. The largest absolute Gasteiger partial charge is 0.292 e. The normalized spacial score (nSPS) is 12.1. The highest BCUT2D eigenvalue weighted by Crippen LogP contribution is 2.48. The second kappa shape index (κ2) is 8.62. The van der Waals surface area contributed by atoms with Gasteiger partial charge >= 0.3 is 0 Å². The van der Waals surface area contributed by atoms with E-state index >= 15 is 0 Å². The number of nitrogens with zero attached hydrogens (tertiary/aromatic N) is 1. The fourth-order valence-corrected chi connectivity index (χ4v) is 7.69. The molecule has 0 aliphatic heterocycles. The van der Waals surface area contributed by atoms with E-state index in [-0.39, 0.29) is 0 Å². The molecule has 0 N–H and O–H groups in total. The number of fused-ring (bicyclic) bond motifs is 7. The summed E-state index contributed by atoms with van der Waals surface area (Å²) in [4.78, 5) is 2.75. The summed E-state index contributed by atoms with van der Waals surface area (Å²) in [5.41, 5.74) is 4.19. The monoisotopic (exact) mass is 467 g/mol. The van der Waals surface area contributed by atoms with E-state index in [9.17, 15) is 0 Å². The molecule has 3 heterocycles. The lowest BCUT2D eigenvalue weighted by molar-refractivity contribution is 0.796. The molecule has 3 heteroatoms. The van der Waals surface area contributed by atoms with E-state index in [1.165, 1.54) is 95.9 Å². The lowest BCUT2D eigenvalue weighted by Gasteiger charge is -2.04. The molecule has 3 aromatic carbocycles. The minimum atomic E-state index is 1.17. The Balaban J connectivity index is 1.66. The topological polar surface area (TPSA) is 4.93 Å². The van der Waals surface area contributed by atoms with Gasteiger partial charge in [0.25, 0.3) is 0 Å². The van der Waals surface area contributed by atoms with Gasteiger partial charge in [-0.2, -0.15) is 0 Å². The molecular weight excluding hydrogens is 438 g/mol.